The van der Waals surface area contributed by atoms with Gasteiger partial charge in [-0.25, -0.2) is 9.97 Å². The summed E-state index contributed by atoms with van der Waals surface area (Å²) in [6.07, 6.45) is 1.21. The van der Waals surface area contributed by atoms with E-state index in [1.807, 2.05) is 6.92 Å². The highest BCUT2D eigenvalue weighted by Crippen LogP contribution is 2.51. The van der Waals surface area contributed by atoms with E-state index in [2.05, 4.69) is 64.5 Å². The van der Waals surface area contributed by atoms with Crippen LogP contribution in [-0.4, -0.2) is 48.6 Å². The number of fused-ring (bicyclic) bond motifs is 5. The molecule has 1 aromatic heterocycles. The largest absolute Gasteiger partial charge is 0.369 e. The van der Waals surface area contributed by atoms with Crippen LogP contribution in [0.15, 0.2) is 30.3 Å². The molecule has 126 valence electrons. The Morgan fingerprint density at radius 3 is 2.79 bits per heavy atom. The van der Waals surface area contributed by atoms with Crippen LogP contribution in [0, 0.1) is 6.92 Å². The Kier molecular flexibility index (Phi) is 3.88. The fraction of sp³-hybridized carbons (Fsp3) is 0.474. The van der Waals surface area contributed by atoms with E-state index >= 15 is 0 Å². The van der Waals surface area contributed by atoms with E-state index in [0.29, 0.717) is 12.0 Å². The number of hydrogen-bond acceptors (Lipinski definition) is 5. The second kappa shape index (κ2) is 6.06. The van der Waals surface area contributed by atoms with Crippen LogP contribution in [0.5, 0.6) is 0 Å². The van der Waals surface area contributed by atoms with Crippen molar-refractivity contribution >= 4 is 11.6 Å². The highest BCUT2D eigenvalue weighted by molar-refractivity contribution is 5.57. The van der Waals surface area contributed by atoms with Crippen molar-refractivity contribution in [2.45, 2.75) is 25.3 Å². The number of rotatable bonds is 5. The molecule has 2 heterocycles. The van der Waals surface area contributed by atoms with Crippen molar-refractivity contribution in [3.05, 3.63) is 47.3 Å². The maximum absolute atomic E-state index is 4.72. The van der Waals surface area contributed by atoms with Crippen LogP contribution in [0.1, 0.15) is 35.3 Å². The lowest BCUT2D eigenvalue weighted by molar-refractivity contribution is 0.425. The first-order valence-corrected chi connectivity index (χ1v) is 8.71. The average molecular weight is 323 g/mol. The molecule has 0 unspecified atom stereocenters. The molecule has 1 fully saturated rings. The van der Waals surface area contributed by atoms with Crippen LogP contribution in [0.25, 0.3) is 0 Å². The fourth-order valence-electron chi connectivity index (χ4n) is 3.99. The van der Waals surface area contributed by atoms with Gasteiger partial charge >= 0.3 is 0 Å². The number of likely N-dealkylation sites (N-methyl/N-ethyl adjacent to an activating group) is 1. The standard InChI is InChI=1S/C19H25N5/c1-13-21-18(20-8-9-23(2)3)11-19(22-13)24-12-14-10-17(24)16-7-5-4-6-15(14)16/h4-7,11,14,17H,8-10,12H2,1-3H3,(H,20,21,22)/t14-,17+/m1/s1. The number of nitrogens with zero attached hydrogens (tertiary/aromatic N) is 4. The third kappa shape index (κ3) is 2.73. The van der Waals surface area contributed by atoms with Crippen LogP contribution in [-0.2, 0) is 0 Å². The quantitative estimate of drug-likeness (QED) is 0.916. The molecular formula is C19H25N5. The maximum atomic E-state index is 4.72. The smallest absolute Gasteiger partial charge is 0.134 e. The molecule has 0 radical (unpaired) electrons. The molecule has 0 saturated carbocycles. The molecule has 2 atom stereocenters. The lowest BCUT2D eigenvalue weighted by atomic mass is 9.99. The number of benzene rings is 1. The second-order valence-electron chi connectivity index (χ2n) is 7.12. The number of nitrogens with one attached hydrogen (secondary N) is 1. The monoisotopic (exact) mass is 323 g/mol. The van der Waals surface area contributed by atoms with Crippen LogP contribution >= 0.6 is 0 Å². The molecule has 1 aliphatic carbocycles. The van der Waals surface area contributed by atoms with Crippen LogP contribution in [0.2, 0.25) is 0 Å². The Morgan fingerprint density at radius 2 is 2.00 bits per heavy atom. The van der Waals surface area contributed by atoms with E-state index in [4.69, 9.17) is 4.98 Å². The van der Waals surface area contributed by atoms with Gasteiger partial charge in [-0.05, 0) is 38.6 Å². The van der Waals surface area contributed by atoms with Crippen molar-refractivity contribution in [3.8, 4) is 0 Å². The van der Waals surface area contributed by atoms with Gasteiger partial charge in [0.1, 0.15) is 17.5 Å². The number of aryl methyl sites for hydroxylation is 1. The van der Waals surface area contributed by atoms with E-state index in [0.717, 1.165) is 37.1 Å². The van der Waals surface area contributed by atoms with Crippen LogP contribution in [0.4, 0.5) is 11.6 Å². The van der Waals surface area contributed by atoms with Crippen LogP contribution in [0.3, 0.4) is 0 Å². The van der Waals surface area contributed by atoms with Gasteiger partial charge in [-0.2, -0.15) is 0 Å². The summed E-state index contributed by atoms with van der Waals surface area (Å²) in [7, 11) is 4.16. The van der Waals surface area contributed by atoms with Gasteiger partial charge in [0.2, 0.25) is 0 Å². The third-order valence-electron chi connectivity index (χ3n) is 5.08. The van der Waals surface area contributed by atoms with Gasteiger partial charge in [0.25, 0.3) is 0 Å². The van der Waals surface area contributed by atoms with E-state index in [9.17, 15) is 0 Å². The van der Waals surface area contributed by atoms with E-state index < -0.39 is 0 Å². The topological polar surface area (TPSA) is 44.3 Å². The van der Waals surface area contributed by atoms with Crippen LogP contribution < -0.4 is 10.2 Å². The fourth-order valence-corrected chi connectivity index (χ4v) is 3.99. The Bertz CT molecular complexity index is 742. The normalized spacial score (nSPS) is 21.4. The van der Waals surface area contributed by atoms with Crippen molar-refractivity contribution in [1.29, 1.82) is 0 Å². The lowest BCUT2D eigenvalue weighted by Crippen LogP contribution is -2.28. The van der Waals surface area contributed by atoms with E-state index in [-0.39, 0.29) is 0 Å². The first kappa shape index (κ1) is 15.4. The Balaban J connectivity index is 1.56. The summed E-state index contributed by atoms with van der Waals surface area (Å²) < 4.78 is 0. The highest BCUT2D eigenvalue weighted by Gasteiger charge is 2.42. The van der Waals surface area contributed by atoms with Crippen molar-refractivity contribution < 1.29 is 0 Å². The third-order valence-corrected chi connectivity index (χ3v) is 5.08. The number of aromatic nitrogens is 2. The summed E-state index contributed by atoms with van der Waals surface area (Å²) in [4.78, 5) is 13.9. The summed E-state index contributed by atoms with van der Waals surface area (Å²) in [6, 6.07) is 11.4. The first-order valence-electron chi connectivity index (χ1n) is 8.71. The van der Waals surface area contributed by atoms with Gasteiger partial charge in [-0.3, -0.25) is 0 Å². The molecule has 5 heteroatoms. The maximum Gasteiger partial charge on any atom is 0.134 e. The molecule has 2 aliphatic rings. The Morgan fingerprint density at radius 1 is 1.21 bits per heavy atom. The molecule has 1 aliphatic heterocycles. The molecule has 1 N–H and O–H groups in total. The summed E-state index contributed by atoms with van der Waals surface area (Å²) in [6.45, 7) is 4.91. The molecule has 2 aromatic rings. The summed E-state index contributed by atoms with van der Waals surface area (Å²) in [5.74, 6) is 3.45. The van der Waals surface area contributed by atoms with E-state index in [1.54, 1.807) is 0 Å². The molecule has 24 heavy (non-hydrogen) atoms. The Hall–Kier alpha value is -2.14. The molecule has 5 nitrogen and oxygen atoms in total. The zero-order valence-electron chi connectivity index (χ0n) is 14.7. The van der Waals surface area contributed by atoms with Gasteiger partial charge in [0, 0.05) is 31.6 Å². The Labute approximate surface area is 143 Å². The van der Waals surface area contributed by atoms with Gasteiger partial charge in [0.15, 0.2) is 0 Å². The first-order chi connectivity index (χ1) is 11.6. The summed E-state index contributed by atoms with van der Waals surface area (Å²) >= 11 is 0. The molecule has 1 saturated heterocycles. The van der Waals surface area contributed by atoms with Crippen molar-refractivity contribution in [3.63, 3.8) is 0 Å². The van der Waals surface area contributed by atoms with Gasteiger partial charge in [-0.1, -0.05) is 24.3 Å². The predicted octanol–water partition coefficient (Wildman–Crippen LogP) is 2.81. The molecule has 1 aromatic carbocycles. The number of hydrogen-bond donors (Lipinski definition) is 1. The zero-order chi connectivity index (χ0) is 16.7. The average Bonchev–Trinajstić information content (AvgIpc) is 3.13. The summed E-state index contributed by atoms with van der Waals surface area (Å²) in [5.41, 5.74) is 3.01. The van der Waals surface area contributed by atoms with Crippen molar-refractivity contribution in [2.75, 3.05) is 43.9 Å². The van der Waals surface area contributed by atoms with E-state index in [1.165, 1.54) is 17.5 Å². The van der Waals surface area contributed by atoms with Gasteiger partial charge in [0.05, 0.1) is 6.04 Å². The molecular weight excluding hydrogens is 298 g/mol. The van der Waals surface area contributed by atoms with Gasteiger partial charge < -0.3 is 15.1 Å². The SMILES string of the molecule is Cc1nc(NCCN(C)C)cc(N2C[C@H]3C[C@H]2c2ccccc23)n1. The van der Waals surface area contributed by atoms with Crippen molar-refractivity contribution in [1.82, 2.24) is 14.9 Å². The van der Waals surface area contributed by atoms with Crippen molar-refractivity contribution in [2.24, 2.45) is 0 Å². The second-order valence-corrected chi connectivity index (χ2v) is 7.12. The zero-order valence-corrected chi connectivity index (χ0v) is 14.7. The number of anilines is 2. The minimum Gasteiger partial charge on any atom is -0.369 e. The van der Waals surface area contributed by atoms with Gasteiger partial charge in [-0.15, -0.1) is 0 Å². The molecule has 4 rings (SSSR count). The predicted molar refractivity (Wildman–Crippen MR) is 97.7 cm³/mol. The minimum absolute atomic E-state index is 0.468. The molecule has 0 spiro atoms. The molecule has 0 amide bonds. The summed E-state index contributed by atoms with van der Waals surface area (Å²) in [5, 5.41) is 3.42. The minimum atomic E-state index is 0.468. The highest BCUT2D eigenvalue weighted by atomic mass is 15.3. The lowest BCUT2D eigenvalue weighted by Gasteiger charge is -2.30. The molecule has 2 bridgehead atoms.